The number of hydrogen-bond donors (Lipinski definition) is 4. The summed E-state index contributed by atoms with van der Waals surface area (Å²) in [6, 6.07) is 10.7. The molecule has 1 saturated heterocycles. The molecule has 2 unspecified atom stereocenters. The lowest BCUT2D eigenvalue weighted by molar-refractivity contribution is 0.152. The summed E-state index contributed by atoms with van der Waals surface area (Å²) in [6.45, 7) is 0.100. The molecule has 1 aliphatic rings. The highest BCUT2D eigenvalue weighted by Gasteiger charge is 2.36. The van der Waals surface area contributed by atoms with Crippen molar-refractivity contribution in [3.8, 4) is 11.1 Å². The second-order valence-electron chi connectivity index (χ2n) is 8.32. The molecule has 7 nitrogen and oxygen atoms in total. The Labute approximate surface area is 210 Å². The molecule has 1 fully saturated rings. The van der Waals surface area contributed by atoms with Gasteiger partial charge in [0, 0.05) is 29.0 Å². The van der Waals surface area contributed by atoms with Crippen LogP contribution < -0.4 is 15.5 Å². The predicted octanol–water partition coefficient (Wildman–Crippen LogP) is 5.18. The summed E-state index contributed by atoms with van der Waals surface area (Å²) in [5.41, 5.74) is -0.372. The fourth-order valence-corrected chi connectivity index (χ4v) is 5.20. The molecule has 0 bridgehead atoms. The summed E-state index contributed by atoms with van der Waals surface area (Å²) >= 11 is 5.69. The number of benzene rings is 3. The number of anilines is 2. The van der Waals surface area contributed by atoms with Crippen LogP contribution in [0.5, 0.6) is 0 Å². The largest absolute Gasteiger partial charge is 0.371 e. The van der Waals surface area contributed by atoms with Crippen molar-refractivity contribution < 1.29 is 27.3 Å². The second kappa shape index (κ2) is 10.00. The first-order chi connectivity index (χ1) is 17.0. The molecule has 12 heteroatoms. The number of nitrogens with one attached hydrogen (secondary N) is 3. The van der Waals surface area contributed by atoms with Crippen LogP contribution in [-0.4, -0.2) is 40.4 Å². The molecule has 0 spiro atoms. The van der Waals surface area contributed by atoms with Gasteiger partial charge in [0.1, 0.15) is 12.0 Å². The van der Waals surface area contributed by atoms with Crippen LogP contribution in [0.2, 0.25) is 5.02 Å². The van der Waals surface area contributed by atoms with Crippen LogP contribution in [0.3, 0.4) is 0 Å². The van der Waals surface area contributed by atoms with Crippen LogP contribution in [0.4, 0.5) is 29.3 Å². The molecule has 0 aromatic heterocycles. The third kappa shape index (κ3) is 5.13. The fraction of sp³-hybridized carbons (Fsp3) is 0.208. The van der Waals surface area contributed by atoms with Gasteiger partial charge in [0.05, 0.1) is 32.0 Å². The van der Waals surface area contributed by atoms with Gasteiger partial charge in [0.25, 0.3) is 0 Å². The molecule has 36 heavy (non-hydrogen) atoms. The smallest absolute Gasteiger partial charge is 0.319 e. The van der Waals surface area contributed by atoms with Gasteiger partial charge in [-0.05, 0) is 42.8 Å². The molecule has 3 aromatic carbocycles. The topological polar surface area (TPSA) is 106 Å². The van der Waals surface area contributed by atoms with Gasteiger partial charge in [-0.25, -0.2) is 27.0 Å². The van der Waals surface area contributed by atoms with Gasteiger partial charge >= 0.3 is 6.03 Å². The highest BCUT2D eigenvalue weighted by Crippen LogP contribution is 2.36. The Morgan fingerprint density at radius 2 is 1.83 bits per heavy atom. The van der Waals surface area contributed by atoms with E-state index in [4.69, 9.17) is 16.4 Å². The van der Waals surface area contributed by atoms with E-state index in [1.54, 1.807) is 12.1 Å². The molecule has 3 aromatic rings. The standard InChI is InChI=1S/C24H22ClF3N4O3S/c1-36(29,35)20-5-3-2-4-14(20)15-7-9-19(22(28)21(15)27)32-11-10-18(23(32)33)31-24(34)30-17-8-6-13(25)12-16(17)26/h2-9,12,18,23,29,33H,10-11H2,1H3,(H2,30,31,34)/t18-,23?,36?/m1/s1. The van der Waals surface area contributed by atoms with Gasteiger partial charge in [-0.15, -0.1) is 0 Å². The third-order valence-electron chi connectivity index (χ3n) is 5.82. The van der Waals surface area contributed by atoms with Crippen LogP contribution in [0, 0.1) is 22.2 Å². The van der Waals surface area contributed by atoms with E-state index in [9.17, 15) is 18.5 Å². The Morgan fingerprint density at radius 1 is 1.11 bits per heavy atom. The van der Waals surface area contributed by atoms with E-state index in [1.165, 1.54) is 47.6 Å². The number of rotatable bonds is 5. The van der Waals surface area contributed by atoms with E-state index in [-0.39, 0.29) is 45.4 Å². The normalized spacial score (nSPS) is 19.1. The zero-order chi connectivity index (χ0) is 26.2. The second-order valence-corrected chi connectivity index (χ2v) is 10.9. The van der Waals surface area contributed by atoms with Crippen molar-refractivity contribution in [2.24, 2.45) is 0 Å². The van der Waals surface area contributed by atoms with E-state index in [1.807, 2.05) is 0 Å². The molecule has 4 rings (SSSR count). The summed E-state index contributed by atoms with van der Waals surface area (Å²) in [5.74, 6) is -3.19. The minimum Gasteiger partial charge on any atom is -0.371 e. The van der Waals surface area contributed by atoms with Crippen LogP contribution in [0.1, 0.15) is 6.42 Å². The lowest BCUT2D eigenvalue weighted by atomic mass is 10.0. The Hall–Kier alpha value is -3.28. The Bertz CT molecular complexity index is 1440. The van der Waals surface area contributed by atoms with Gasteiger partial charge in [-0.3, -0.25) is 0 Å². The van der Waals surface area contributed by atoms with Crippen LogP contribution in [0.15, 0.2) is 59.5 Å². The summed E-state index contributed by atoms with van der Waals surface area (Å²) in [4.78, 5) is 13.6. The Kier molecular flexibility index (Phi) is 7.17. The molecular weight excluding hydrogens is 517 g/mol. The number of carbonyl (C=O) groups excluding carboxylic acids is 1. The van der Waals surface area contributed by atoms with Crippen molar-refractivity contribution >= 4 is 38.7 Å². The molecule has 3 atom stereocenters. The maximum Gasteiger partial charge on any atom is 0.319 e. The van der Waals surface area contributed by atoms with Crippen molar-refractivity contribution in [1.29, 1.82) is 4.78 Å². The lowest BCUT2D eigenvalue weighted by Gasteiger charge is -2.26. The van der Waals surface area contributed by atoms with E-state index in [0.29, 0.717) is 0 Å². The number of aliphatic hydroxyl groups is 1. The average Bonchev–Trinajstić information content (AvgIpc) is 3.16. The summed E-state index contributed by atoms with van der Waals surface area (Å²) < 4.78 is 64.4. The van der Waals surface area contributed by atoms with Gasteiger partial charge < -0.3 is 20.6 Å². The molecule has 4 N–H and O–H groups in total. The number of carbonyl (C=O) groups is 1. The SMILES string of the molecule is CS(=N)(=O)c1ccccc1-c1ccc(N2CC[C@@H](NC(=O)Nc3ccc(Cl)cc3F)C2O)c(F)c1F. The van der Waals surface area contributed by atoms with Crippen LogP contribution >= 0.6 is 11.6 Å². The van der Waals surface area contributed by atoms with Gasteiger partial charge in [-0.1, -0.05) is 29.8 Å². The maximum atomic E-state index is 15.2. The number of urea groups is 1. The minimum absolute atomic E-state index is 0.0738. The number of aliphatic hydroxyl groups excluding tert-OH is 1. The lowest BCUT2D eigenvalue weighted by Crippen LogP contribution is -2.46. The van der Waals surface area contributed by atoms with Crippen molar-refractivity contribution in [3.63, 3.8) is 0 Å². The first-order valence-electron chi connectivity index (χ1n) is 10.8. The fourth-order valence-electron chi connectivity index (χ4n) is 4.10. The van der Waals surface area contributed by atoms with Crippen LogP contribution in [0.25, 0.3) is 11.1 Å². The van der Waals surface area contributed by atoms with Crippen molar-refractivity contribution in [3.05, 3.63) is 77.1 Å². The first kappa shape index (κ1) is 25.8. The highest BCUT2D eigenvalue weighted by molar-refractivity contribution is 7.91. The van der Waals surface area contributed by atoms with E-state index in [0.717, 1.165) is 6.07 Å². The number of nitrogens with zero attached hydrogens (tertiary/aromatic N) is 1. The van der Waals surface area contributed by atoms with Gasteiger partial charge in [0.2, 0.25) is 0 Å². The number of halogens is 4. The van der Waals surface area contributed by atoms with Gasteiger partial charge in [0.15, 0.2) is 11.6 Å². The summed E-state index contributed by atoms with van der Waals surface area (Å²) in [7, 11) is -3.21. The molecule has 190 valence electrons. The summed E-state index contributed by atoms with van der Waals surface area (Å²) in [6.07, 6.45) is 0.0141. The monoisotopic (exact) mass is 538 g/mol. The summed E-state index contributed by atoms with van der Waals surface area (Å²) in [5, 5.41) is 15.7. The molecule has 2 amide bonds. The van der Waals surface area contributed by atoms with Crippen molar-refractivity contribution in [2.45, 2.75) is 23.6 Å². The first-order valence-corrected chi connectivity index (χ1v) is 13.1. The third-order valence-corrected chi connectivity index (χ3v) is 7.25. The number of hydrogen-bond acceptors (Lipinski definition) is 5. The quantitative estimate of drug-likeness (QED) is 0.359. The zero-order valence-corrected chi connectivity index (χ0v) is 20.5. The highest BCUT2D eigenvalue weighted by atomic mass is 35.5. The van der Waals surface area contributed by atoms with Crippen molar-refractivity contribution in [1.82, 2.24) is 5.32 Å². The van der Waals surface area contributed by atoms with Crippen molar-refractivity contribution in [2.75, 3.05) is 23.0 Å². The average molecular weight is 539 g/mol. The molecule has 0 saturated carbocycles. The number of amides is 2. The predicted molar refractivity (Wildman–Crippen MR) is 132 cm³/mol. The van der Waals surface area contributed by atoms with E-state index < -0.39 is 45.5 Å². The van der Waals surface area contributed by atoms with Gasteiger partial charge in [-0.2, -0.15) is 0 Å². The van der Waals surface area contributed by atoms with E-state index in [2.05, 4.69) is 10.6 Å². The molecule has 0 radical (unpaired) electrons. The molecule has 1 heterocycles. The molecule has 0 aliphatic carbocycles. The van der Waals surface area contributed by atoms with Crippen LogP contribution in [-0.2, 0) is 9.73 Å². The van der Waals surface area contributed by atoms with E-state index >= 15 is 8.78 Å². The molecular formula is C24H22ClF3N4O3S. The minimum atomic E-state index is -3.21. The maximum absolute atomic E-state index is 15.2. The molecule has 1 aliphatic heterocycles. The zero-order valence-electron chi connectivity index (χ0n) is 18.9. The Morgan fingerprint density at radius 3 is 2.53 bits per heavy atom. The Balaban J connectivity index is 1.53.